The van der Waals surface area contributed by atoms with Crippen molar-refractivity contribution in [2.75, 3.05) is 0 Å². The molecule has 5 heteroatoms. The van der Waals surface area contributed by atoms with Crippen LogP contribution in [0.15, 0.2) is 24.4 Å². The summed E-state index contributed by atoms with van der Waals surface area (Å²) in [5.74, 6) is -0.620. The number of benzene rings is 1. The van der Waals surface area contributed by atoms with E-state index in [4.69, 9.17) is 0 Å². The Morgan fingerprint density at radius 3 is 2.87 bits per heavy atom. The van der Waals surface area contributed by atoms with E-state index < -0.39 is 10.7 Å². The van der Waals surface area contributed by atoms with Crippen molar-refractivity contribution in [3.8, 4) is 0 Å². The van der Waals surface area contributed by atoms with E-state index in [1.165, 1.54) is 12.3 Å². The first kappa shape index (κ1) is 9.51. The van der Waals surface area contributed by atoms with Gasteiger partial charge >= 0.3 is 0 Å². The minimum atomic E-state index is -0.627. The molecule has 4 nitrogen and oxygen atoms in total. The number of nitro benzene ring substituents is 1. The molecule has 2 aromatic rings. The van der Waals surface area contributed by atoms with Gasteiger partial charge in [-0.15, -0.1) is 0 Å². The minimum absolute atomic E-state index is 0.224. The third kappa shape index (κ3) is 1.52. The number of rotatable bonds is 1. The second kappa shape index (κ2) is 3.27. The van der Waals surface area contributed by atoms with Crippen molar-refractivity contribution in [2.45, 2.75) is 6.92 Å². The fourth-order valence-electron chi connectivity index (χ4n) is 1.47. The maximum Gasteiger partial charge on any atom is 0.298 e. The zero-order valence-corrected chi connectivity index (χ0v) is 7.90. The van der Waals surface area contributed by atoms with E-state index in [1.807, 2.05) is 0 Å². The second-order valence-corrected chi connectivity index (χ2v) is 3.21. The highest BCUT2D eigenvalue weighted by Gasteiger charge is 2.15. The average molecular weight is 206 g/mol. The molecule has 0 saturated carbocycles. The molecule has 2 rings (SSSR count). The molecule has 1 heterocycles. The summed E-state index contributed by atoms with van der Waals surface area (Å²) in [6, 6.07) is 3.82. The highest BCUT2D eigenvalue weighted by Crippen LogP contribution is 2.26. The lowest BCUT2D eigenvalue weighted by molar-refractivity contribution is -0.383. The van der Waals surface area contributed by atoms with Crippen LogP contribution >= 0.6 is 0 Å². The number of fused-ring (bicyclic) bond motifs is 1. The summed E-state index contributed by atoms with van der Waals surface area (Å²) < 4.78 is 13.1. The molecule has 0 spiro atoms. The molecule has 0 aliphatic carbocycles. The van der Waals surface area contributed by atoms with Crippen LogP contribution in [0.2, 0.25) is 0 Å². The zero-order valence-electron chi connectivity index (χ0n) is 7.90. The molecule has 15 heavy (non-hydrogen) atoms. The smallest absolute Gasteiger partial charge is 0.258 e. The molecule has 0 aliphatic heterocycles. The third-order valence-electron chi connectivity index (χ3n) is 2.20. The SMILES string of the molecule is Cc1ccnc2c([N+](=O)[O-])cc(F)cc12. The van der Waals surface area contributed by atoms with E-state index >= 15 is 0 Å². The summed E-state index contributed by atoms with van der Waals surface area (Å²) in [6.45, 7) is 1.76. The molecule has 0 amide bonds. The molecular formula is C10H7FN2O2. The molecule has 0 saturated heterocycles. The van der Waals surface area contributed by atoms with Crippen molar-refractivity contribution >= 4 is 16.6 Å². The fraction of sp³-hybridized carbons (Fsp3) is 0.100. The van der Waals surface area contributed by atoms with E-state index in [2.05, 4.69) is 4.98 Å². The number of aryl methyl sites for hydroxylation is 1. The van der Waals surface area contributed by atoms with Crippen LogP contribution in [-0.4, -0.2) is 9.91 Å². The van der Waals surface area contributed by atoms with E-state index in [0.717, 1.165) is 11.6 Å². The maximum absolute atomic E-state index is 13.1. The minimum Gasteiger partial charge on any atom is -0.258 e. The van der Waals surface area contributed by atoms with Crippen LogP contribution in [0.3, 0.4) is 0 Å². The normalized spacial score (nSPS) is 10.5. The molecule has 1 aromatic heterocycles. The average Bonchev–Trinajstić information content (AvgIpc) is 2.18. The van der Waals surface area contributed by atoms with Gasteiger partial charge in [-0.2, -0.15) is 0 Å². The summed E-state index contributed by atoms with van der Waals surface area (Å²) in [6.07, 6.45) is 1.47. The van der Waals surface area contributed by atoms with Crippen LogP contribution in [-0.2, 0) is 0 Å². The van der Waals surface area contributed by atoms with Crippen molar-refractivity contribution < 1.29 is 9.31 Å². The number of pyridine rings is 1. The lowest BCUT2D eigenvalue weighted by Crippen LogP contribution is -1.94. The predicted molar refractivity (Wildman–Crippen MR) is 53.1 cm³/mol. The third-order valence-corrected chi connectivity index (χ3v) is 2.20. The number of hydrogen-bond acceptors (Lipinski definition) is 3. The zero-order chi connectivity index (χ0) is 11.0. The maximum atomic E-state index is 13.1. The van der Waals surface area contributed by atoms with Crippen LogP contribution in [0.4, 0.5) is 10.1 Å². The lowest BCUT2D eigenvalue weighted by atomic mass is 10.1. The monoisotopic (exact) mass is 206 g/mol. The first-order chi connectivity index (χ1) is 7.09. The Hall–Kier alpha value is -2.04. The van der Waals surface area contributed by atoms with Crippen molar-refractivity contribution in [3.05, 3.63) is 45.9 Å². The summed E-state index contributed by atoms with van der Waals surface area (Å²) in [5, 5.41) is 11.2. The highest BCUT2D eigenvalue weighted by molar-refractivity contribution is 5.89. The van der Waals surface area contributed by atoms with Gasteiger partial charge in [-0.3, -0.25) is 10.1 Å². The van der Waals surface area contributed by atoms with Crippen LogP contribution in [0, 0.1) is 22.9 Å². The number of halogens is 1. The van der Waals surface area contributed by atoms with Crippen molar-refractivity contribution in [1.82, 2.24) is 4.98 Å². The number of aromatic nitrogens is 1. The van der Waals surface area contributed by atoms with Crippen LogP contribution in [0.5, 0.6) is 0 Å². The molecule has 0 fully saturated rings. The quantitative estimate of drug-likeness (QED) is 0.532. The van der Waals surface area contributed by atoms with Gasteiger partial charge in [0.05, 0.1) is 11.0 Å². The van der Waals surface area contributed by atoms with Gasteiger partial charge in [-0.1, -0.05) is 0 Å². The van der Waals surface area contributed by atoms with Crippen molar-refractivity contribution in [2.24, 2.45) is 0 Å². The molecule has 0 N–H and O–H groups in total. The first-order valence-electron chi connectivity index (χ1n) is 4.29. The molecule has 0 atom stereocenters. The molecule has 1 aromatic carbocycles. The summed E-state index contributed by atoms with van der Waals surface area (Å²) in [5.41, 5.74) is 0.692. The largest absolute Gasteiger partial charge is 0.298 e. The lowest BCUT2D eigenvalue weighted by Gasteiger charge is -2.01. The second-order valence-electron chi connectivity index (χ2n) is 3.21. The van der Waals surface area contributed by atoms with Gasteiger partial charge in [0.25, 0.3) is 5.69 Å². The first-order valence-corrected chi connectivity index (χ1v) is 4.29. The van der Waals surface area contributed by atoms with Gasteiger partial charge < -0.3 is 0 Å². The summed E-state index contributed by atoms with van der Waals surface area (Å²) in [7, 11) is 0. The number of nitro groups is 1. The number of non-ortho nitro benzene ring substituents is 1. The van der Waals surface area contributed by atoms with Crippen molar-refractivity contribution in [3.63, 3.8) is 0 Å². The molecule has 0 radical (unpaired) electrons. The molecule has 0 unspecified atom stereocenters. The Labute approximate surface area is 84.5 Å². The Morgan fingerprint density at radius 2 is 2.20 bits per heavy atom. The van der Waals surface area contributed by atoms with E-state index in [1.54, 1.807) is 13.0 Å². The van der Waals surface area contributed by atoms with Gasteiger partial charge in [0, 0.05) is 11.6 Å². The number of nitrogens with zero attached hydrogens (tertiary/aromatic N) is 2. The fourth-order valence-corrected chi connectivity index (χ4v) is 1.47. The molecule has 76 valence electrons. The molecule has 0 bridgehead atoms. The van der Waals surface area contributed by atoms with Crippen molar-refractivity contribution in [1.29, 1.82) is 0 Å². The summed E-state index contributed by atoms with van der Waals surface area (Å²) in [4.78, 5) is 13.9. The Kier molecular flexibility index (Phi) is 2.07. The highest BCUT2D eigenvalue weighted by atomic mass is 19.1. The van der Waals surface area contributed by atoms with Crippen LogP contribution < -0.4 is 0 Å². The Balaban J connectivity index is 2.92. The Morgan fingerprint density at radius 1 is 1.47 bits per heavy atom. The van der Waals surface area contributed by atoms with Gasteiger partial charge in [-0.05, 0) is 24.6 Å². The van der Waals surface area contributed by atoms with E-state index in [0.29, 0.717) is 5.39 Å². The van der Waals surface area contributed by atoms with Gasteiger partial charge in [-0.25, -0.2) is 9.37 Å². The van der Waals surface area contributed by atoms with Crippen LogP contribution in [0.1, 0.15) is 5.56 Å². The van der Waals surface area contributed by atoms with E-state index in [-0.39, 0.29) is 11.2 Å². The number of hydrogen-bond donors (Lipinski definition) is 0. The van der Waals surface area contributed by atoms with Crippen LogP contribution in [0.25, 0.3) is 10.9 Å². The molecule has 0 aliphatic rings. The van der Waals surface area contributed by atoms with Gasteiger partial charge in [0.15, 0.2) is 0 Å². The summed E-state index contributed by atoms with van der Waals surface area (Å²) >= 11 is 0. The molecular weight excluding hydrogens is 199 g/mol. The van der Waals surface area contributed by atoms with E-state index in [9.17, 15) is 14.5 Å². The topological polar surface area (TPSA) is 56.0 Å². The standard InChI is InChI=1S/C10H7FN2O2/c1-6-2-3-12-10-8(6)4-7(11)5-9(10)13(14)15/h2-5H,1H3. The predicted octanol–water partition coefficient (Wildman–Crippen LogP) is 2.59. The Bertz CT molecular complexity index is 554. The van der Waals surface area contributed by atoms with Gasteiger partial charge in [0.1, 0.15) is 11.3 Å². The van der Waals surface area contributed by atoms with Gasteiger partial charge in [0.2, 0.25) is 0 Å².